The van der Waals surface area contributed by atoms with E-state index in [0.29, 0.717) is 13.0 Å². The molecule has 0 spiro atoms. The second kappa shape index (κ2) is 12.5. The minimum absolute atomic E-state index is 0.0129. The third kappa shape index (κ3) is 7.20. The Labute approximate surface area is 235 Å². The molecular weight excluding hydrogens is 508 g/mol. The number of para-hydroxylation sites is 1. The van der Waals surface area contributed by atoms with E-state index in [1.807, 2.05) is 49.1 Å². The van der Waals surface area contributed by atoms with E-state index in [0.717, 1.165) is 40.7 Å². The number of benzene rings is 1. The van der Waals surface area contributed by atoms with Crippen molar-refractivity contribution < 1.29 is 23.5 Å². The number of hydrogen-bond acceptors (Lipinski definition) is 6. The molecule has 3 amide bonds. The Hall–Kier alpha value is -3.88. The summed E-state index contributed by atoms with van der Waals surface area (Å²) in [4.78, 5) is 44.5. The largest absolute Gasteiger partial charge is 0.456 e. The van der Waals surface area contributed by atoms with E-state index in [1.165, 1.54) is 0 Å². The molecule has 2 atom stereocenters. The fourth-order valence-corrected chi connectivity index (χ4v) is 5.14. The monoisotopic (exact) mass is 548 g/mol. The van der Waals surface area contributed by atoms with Gasteiger partial charge in [-0.1, -0.05) is 32.0 Å². The second-order valence-electron chi connectivity index (χ2n) is 11.6. The van der Waals surface area contributed by atoms with E-state index < -0.39 is 17.7 Å². The molecule has 1 saturated heterocycles. The lowest BCUT2D eigenvalue weighted by atomic mass is 9.97. The van der Waals surface area contributed by atoms with Crippen molar-refractivity contribution in [3.8, 4) is 11.3 Å². The van der Waals surface area contributed by atoms with E-state index in [9.17, 15) is 14.4 Å². The molecule has 3 heterocycles. The Kier molecular flexibility index (Phi) is 9.12. The lowest BCUT2D eigenvalue weighted by molar-refractivity contribution is -0.138. The van der Waals surface area contributed by atoms with Crippen molar-refractivity contribution in [1.29, 1.82) is 0 Å². The first-order valence-electron chi connectivity index (χ1n) is 14.0. The molecular formula is C31H40N4O5. The van der Waals surface area contributed by atoms with Crippen molar-refractivity contribution in [2.45, 2.75) is 78.0 Å². The van der Waals surface area contributed by atoms with Gasteiger partial charge in [0.05, 0.1) is 0 Å². The summed E-state index contributed by atoms with van der Waals surface area (Å²) in [5.74, 6) is 0.330. The number of ether oxygens (including phenoxy) is 1. The Morgan fingerprint density at radius 3 is 2.55 bits per heavy atom. The number of nitrogens with zero attached hydrogens (tertiary/aromatic N) is 2. The quantitative estimate of drug-likeness (QED) is 0.385. The van der Waals surface area contributed by atoms with Gasteiger partial charge in [0, 0.05) is 54.5 Å². The minimum atomic E-state index is -0.657. The highest BCUT2D eigenvalue weighted by Crippen LogP contribution is 2.36. The number of amides is 3. The average Bonchev–Trinajstić information content (AvgIpc) is 3.51. The van der Waals surface area contributed by atoms with Crippen LogP contribution >= 0.6 is 0 Å². The lowest BCUT2D eigenvalue weighted by Gasteiger charge is -2.31. The van der Waals surface area contributed by atoms with Crippen molar-refractivity contribution >= 4 is 28.9 Å². The van der Waals surface area contributed by atoms with Crippen LogP contribution in [0.5, 0.6) is 0 Å². The number of hydrogen-bond donors (Lipinski definition) is 2. The molecule has 40 heavy (non-hydrogen) atoms. The maximum absolute atomic E-state index is 13.8. The SMILES string of the molecule is CC(C)[C@H](NC(=O)CCNC(=O)OC(C)(C)C)C(=O)N1CCC[C@H]1Cc1c(-c2ccncc2)oc2ccccc12. The number of furan rings is 1. The smallest absolute Gasteiger partial charge is 0.407 e. The van der Waals surface area contributed by atoms with E-state index in [4.69, 9.17) is 9.15 Å². The Balaban J connectivity index is 1.45. The molecule has 2 N–H and O–H groups in total. The number of aromatic nitrogens is 1. The highest BCUT2D eigenvalue weighted by Gasteiger charge is 2.36. The molecule has 214 valence electrons. The van der Waals surface area contributed by atoms with Gasteiger partial charge < -0.3 is 24.7 Å². The molecule has 1 aromatic carbocycles. The molecule has 0 saturated carbocycles. The van der Waals surface area contributed by atoms with Gasteiger partial charge in [-0.05, 0) is 64.2 Å². The molecule has 0 bridgehead atoms. The predicted octanol–water partition coefficient (Wildman–Crippen LogP) is 5.08. The van der Waals surface area contributed by atoms with Crippen molar-refractivity contribution in [2.75, 3.05) is 13.1 Å². The van der Waals surface area contributed by atoms with E-state index >= 15 is 0 Å². The normalized spacial score (nSPS) is 16.2. The van der Waals surface area contributed by atoms with E-state index in [2.05, 4.69) is 21.7 Å². The van der Waals surface area contributed by atoms with Crippen LogP contribution in [0.3, 0.4) is 0 Å². The first-order chi connectivity index (χ1) is 19.0. The van der Waals surface area contributed by atoms with Crippen LogP contribution in [-0.4, -0.2) is 58.6 Å². The van der Waals surface area contributed by atoms with Gasteiger partial charge >= 0.3 is 6.09 Å². The van der Waals surface area contributed by atoms with Gasteiger partial charge in [0.2, 0.25) is 11.8 Å². The van der Waals surface area contributed by atoms with Gasteiger partial charge in [-0.3, -0.25) is 14.6 Å². The molecule has 0 unspecified atom stereocenters. The summed E-state index contributed by atoms with van der Waals surface area (Å²) in [5, 5.41) is 6.55. The maximum Gasteiger partial charge on any atom is 0.407 e. The zero-order chi connectivity index (χ0) is 28.9. The number of likely N-dealkylation sites (tertiary alicyclic amines) is 1. The van der Waals surface area contributed by atoms with Crippen molar-refractivity contribution in [1.82, 2.24) is 20.5 Å². The Bertz CT molecular complexity index is 1330. The first kappa shape index (κ1) is 29.1. The Morgan fingerprint density at radius 1 is 1.12 bits per heavy atom. The number of fused-ring (bicyclic) bond motifs is 1. The van der Waals surface area contributed by atoms with Gasteiger partial charge in [0.25, 0.3) is 0 Å². The fourth-order valence-electron chi connectivity index (χ4n) is 5.14. The lowest BCUT2D eigenvalue weighted by Crippen LogP contribution is -2.53. The molecule has 0 aliphatic carbocycles. The van der Waals surface area contributed by atoms with Crippen molar-refractivity contribution in [3.63, 3.8) is 0 Å². The molecule has 4 rings (SSSR count). The van der Waals surface area contributed by atoms with Gasteiger partial charge in [-0.2, -0.15) is 0 Å². The third-order valence-electron chi connectivity index (χ3n) is 7.01. The molecule has 1 fully saturated rings. The molecule has 2 aromatic heterocycles. The van der Waals surface area contributed by atoms with Gasteiger partial charge in [0.15, 0.2) is 0 Å². The van der Waals surface area contributed by atoms with Crippen LogP contribution < -0.4 is 10.6 Å². The topological polar surface area (TPSA) is 114 Å². The van der Waals surface area contributed by atoms with Crippen LogP contribution in [0.15, 0.2) is 53.2 Å². The zero-order valence-corrected chi connectivity index (χ0v) is 24.0. The van der Waals surface area contributed by atoms with Crippen LogP contribution in [0.4, 0.5) is 4.79 Å². The number of rotatable bonds is 9. The summed E-state index contributed by atoms with van der Waals surface area (Å²) in [5.41, 5.74) is 2.22. The zero-order valence-electron chi connectivity index (χ0n) is 24.0. The summed E-state index contributed by atoms with van der Waals surface area (Å²) >= 11 is 0. The standard InChI is InChI=1S/C31H40N4O5/c1-20(2)27(34-26(36)14-17-33-30(38)40-31(3,4)5)29(37)35-18-8-9-22(35)19-24-23-10-6-7-11-25(23)39-28(24)21-12-15-32-16-13-21/h6-7,10-13,15-16,20,22,27H,8-9,14,17-19H2,1-5H3,(H,33,38)(H,34,36)/t22-,27-/m0/s1. The molecule has 1 aliphatic rings. The second-order valence-corrected chi connectivity index (χ2v) is 11.6. The van der Waals surface area contributed by atoms with Crippen LogP contribution in [0, 0.1) is 5.92 Å². The van der Waals surface area contributed by atoms with Crippen molar-refractivity contribution in [2.24, 2.45) is 5.92 Å². The average molecular weight is 549 g/mol. The van der Waals surface area contributed by atoms with Crippen LogP contribution in [-0.2, 0) is 20.7 Å². The van der Waals surface area contributed by atoms with Gasteiger partial charge in [-0.15, -0.1) is 0 Å². The van der Waals surface area contributed by atoms with E-state index in [-0.39, 0.29) is 36.7 Å². The first-order valence-corrected chi connectivity index (χ1v) is 14.0. The molecule has 9 nitrogen and oxygen atoms in total. The van der Waals surface area contributed by atoms with Crippen molar-refractivity contribution in [3.05, 3.63) is 54.4 Å². The number of carbonyl (C=O) groups excluding carboxylic acids is 3. The van der Waals surface area contributed by atoms with Crippen LogP contribution in [0.2, 0.25) is 0 Å². The van der Waals surface area contributed by atoms with Gasteiger partial charge in [0.1, 0.15) is 23.0 Å². The summed E-state index contributed by atoms with van der Waals surface area (Å²) in [6, 6.07) is 11.2. The molecule has 9 heteroatoms. The summed E-state index contributed by atoms with van der Waals surface area (Å²) in [6.45, 7) is 9.95. The third-order valence-corrected chi connectivity index (χ3v) is 7.01. The molecule has 0 radical (unpaired) electrons. The molecule has 1 aliphatic heterocycles. The highest BCUT2D eigenvalue weighted by atomic mass is 16.6. The number of pyridine rings is 1. The highest BCUT2D eigenvalue weighted by molar-refractivity contribution is 5.90. The van der Waals surface area contributed by atoms with Crippen LogP contribution in [0.25, 0.3) is 22.3 Å². The van der Waals surface area contributed by atoms with E-state index in [1.54, 1.807) is 33.2 Å². The number of alkyl carbamates (subject to hydrolysis) is 1. The van der Waals surface area contributed by atoms with Gasteiger partial charge in [-0.25, -0.2) is 4.79 Å². The van der Waals surface area contributed by atoms with Crippen LogP contribution in [0.1, 0.15) is 59.4 Å². The summed E-state index contributed by atoms with van der Waals surface area (Å²) in [6.07, 6.45) is 5.39. The summed E-state index contributed by atoms with van der Waals surface area (Å²) in [7, 11) is 0. The minimum Gasteiger partial charge on any atom is -0.456 e. The fraction of sp³-hybridized carbons (Fsp3) is 0.484. The number of carbonyl (C=O) groups is 3. The Morgan fingerprint density at radius 2 is 1.85 bits per heavy atom. The summed E-state index contributed by atoms with van der Waals surface area (Å²) < 4.78 is 11.5. The molecule has 3 aromatic rings. The number of nitrogens with one attached hydrogen (secondary N) is 2. The maximum atomic E-state index is 13.8. The predicted molar refractivity (Wildman–Crippen MR) is 154 cm³/mol.